The Hall–Kier alpha value is -3.68. The Labute approximate surface area is 243 Å². The summed E-state index contributed by atoms with van der Waals surface area (Å²) in [5.74, 6) is 0.619. The molecule has 7 nitrogen and oxygen atoms in total. The molecule has 2 atom stereocenters. The summed E-state index contributed by atoms with van der Waals surface area (Å²) in [5.41, 5.74) is 4.79. The topological polar surface area (TPSA) is 77.4 Å². The van der Waals surface area contributed by atoms with Crippen molar-refractivity contribution in [3.05, 3.63) is 83.6 Å². The quantitative estimate of drug-likeness (QED) is 0.230. The lowest BCUT2D eigenvalue weighted by molar-refractivity contribution is -0.185. The predicted molar refractivity (Wildman–Crippen MR) is 166 cm³/mol. The van der Waals surface area contributed by atoms with Gasteiger partial charge >= 0.3 is 6.03 Å². The number of nitrogens with zero attached hydrogens (tertiary/aromatic N) is 2. The van der Waals surface area contributed by atoms with Crippen molar-refractivity contribution in [3.8, 4) is 5.69 Å². The first-order valence-corrected chi connectivity index (χ1v) is 14.7. The molecule has 2 heterocycles. The Morgan fingerprint density at radius 1 is 1.05 bits per heavy atom. The molecule has 4 aromatic rings. The number of urea groups is 1. The van der Waals surface area contributed by atoms with Crippen molar-refractivity contribution < 1.29 is 14.3 Å². The standard InChI is InChI=1S/C34H42N4O3/c1-23-13-18-26(19-14-23)38-31(22-30(37-38)34(3,4)5)36-33(39)35-29-20-17-25(27-10-6-7-11-28(27)29)16-15-24(2)41-32-12-8-9-21-40-32/h6-7,10-11,13-14,17-20,22,24,32H,8-9,12,15-16,21H2,1-5H3,(H2,35,36,39). The van der Waals surface area contributed by atoms with Crippen LogP contribution < -0.4 is 10.6 Å². The van der Waals surface area contributed by atoms with Gasteiger partial charge in [-0.05, 0) is 75.1 Å². The van der Waals surface area contributed by atoms with Gasteiger partial charge in [-0.3, -0.25) is 5.32 Å². The maximum atomic E-state index is 13.3. The molecule has 41 heavy (non-hydrogen) atoms. The second kappa shape index (κ2) is 12.5. The van der Waals surface area contributed by atoms with Gasteiger partial charge in [0.2, 0.25) is 0 Å². The minimum absolute atomic E-state index is 0.0811. The van der Waals surface area contributed by atoms with Crippen LogP contribution in [0.2, 0.25) is 0 Å². The molecule has 3 aromatic carbocycles. The van der Waals surface area contributed by atoms with Crippen molar-refractivity contribution in [2.24, 2.45) is 0 Å². The fourth-order valence-corrected chi connectivity index (χ4v) is 5.18. The molecule has 0 saturated carbocycles. The molecule has 216 valence electrons. The van der Waals surface area contributed by atoms with E-state index in [-0.39, 0.29) is 23.8 Å². The molecule has 0 aliphatic carbocycles. The van der Waals surface area contributed by atoms with Gasteiger partial charge < -0.3 is 14.8 Å². The molecule has 5 rings (SSSR count). The van der Waals surface area contributed by atoms with Crippen molar-refractivity contribution in [3.63, 3.8) is 0 Å². The van der Waals surface area contributed by atoms with Gasteiger partial charge in [-0.15, -0.1) is 0 Å². The average molecular weight is 555 g/mol. The maximum Gasteiger partial charge on any atom is 0.324 e. The SMILES string of the molecule is Cc1ccc(-n2nc(C(C)(C)C)cc2NC(=O)Nc2ccc(CCC(C)OC3CCCCO3)c3ccccc23)cc1. The molecule has 2 unspecified atom stereocenters. The Bertz CT molecular complexity index is 1480. The predicted octanol–water partition coefficient (Wildman–Crippen LogP) is 8.14. The van der Waals surface area contributed by atoms with E-state index in [1.165, 1.54) is 11.1 Å². The normalized spacial score (nSPS) is 16.5. The van der Waals surface area contributed by atoms with Crippen LogP contribution in [0.15, 0.2) is 66.7 Å². The minimum Gasteiger partial charge on any atom is -0.353 e. The number of anilines is 2. The Morgan fingerprint density at radius 3 is 2.51 bits per heavy atom. The Kier molecular flexibility index (Phi) is 8.76. The molecule has 0 radical (unpaired) electrons. The smallest absolute Gasteiger partial charge is 0.324 e. The van der Waals surface area contributed by atoms with Crippen LogP contribution in [0.5, 0.6) is 0 Å². The van der Waals surface area contributed by atoms with E-state index in [0.717, 1.165) is 66.6 Å². The van der Waals surface area contributed by atoms with Crippen LogP contribution in [-0.4, -0.2) is 34.8 Å². The number of aryl methyl sites for hydroxylation is 2. The molecule has 2 N–H and O–H groups in total. The lowest BCUT2D eigenvalue weighted by Gasteiger charge is -2.26. The van der Waals surface area contributed by atoms with Crippen LogP contribution in [0.4, 0.5) is 16.3 Å². The van der Waals surface area contributed by atoms with Crippen LogP contribution in [-0.2, 0) is 21.3 Å². The number of carbonyl (C=O) groups excluding carboxylic acids is 1. The van der Waals surface area contributed by atoms with Crippen molar-refractivity contribution in [1.29, 1.82) is 0 Å². The van der Waals surface area contributed by atoms with Crippen molar-refractivity contribution in [1.82, 2.24) is 9.78 Å². The van der Waals surface area contributed by atoms with Crippen LogP contribution in [0.1, 0.15) is 70.2 Å². The largest absolute Gasteiger partial charge is 0.353 e. The average Bonchev–Trinajstić information content (AvgIpc) is 3.38. The minimum atomic E-state index is -0.314. The molecular weight excluding hydrogens is 512 g/mol. The van der Waals surface area contributed by atoms with Crippen molar-refractivity contribution in [2.45, 2.75) is 84.5 Å². The molecule has 1 fully saturated rings. The number of fused-ring (bicyclic) bond motifs is 1. The van der Waals surface area contributed by atoms with Gasteiger partial charge in [-0.1, -0.05) is 68.8 Å². The summed E-state index contributed by atoms with van der Waals surface area (Å²) in [4.78, 5) is 13.3. The highest BCUT2D eigenvalue weighted by Crippen LogP contribution is 2.30. The zero-order valence-corrected chi connectivity index (χ0v) is 24.9. The highest BCUT2D eigenvalue weighted by atomic mass is 16.7. The summed E-state index contributed by atoms with van der Waals surface area (Å²) < 4.78 is 13.7. The van der Waals surface area contributed by atoms with E-state index in [1.54, 1.807) is 4.68 Å². The van der Waals surface area contributed by atoms with Gasteiger partial charge in [0.1, 0.15) is 5.82 Å². The first-order chi connectivity index (χ1) is 19.7. The maximum absolute atomic E-state index is 13.3. The fourth-order valence-electron chi connectivity index (χ4n) is 5.18. The van der Waals surface area contributed by atoms with Gasteiger partial charge in [-0.25, -0.2) is 9.48 Å². The summed E-state index contributed by atoms with van der Waals surface area (Å²) in [5, 5.41) is 13.1. The summed E-state index contributed by atoms with van der Waals surface area (Å²) in [6.45, 7) is 11.3. The molecular formula is C34H42N4O3. The Morgan fingerprint density at radius 2 is 1.80 bits per heavy atom. The van der Waals surface area contributed by atoms with Crippen LogP contribution in [0, 0.1) is 6.92 Å². The lowest BCUT2D eigenvalue weighted by Crippen LogP contribution is -2.26. The summed E-state index contributed by atoms with van der Waals surface area (Å²) in [6, 6.07) is 22.1. The van der Waals surface area contributed by atoms with Gasteiger partial charge in [0.15, 0.2) is 6.29 Å². The number of aromatic nitrogens is 2. The number of hydrogen-bond acceptors (Lipinski definition) is 4. The van der Waals surface area contributed by atoms with E-state index in [1.807, 2.05) is 48.5 Å². The van der Waals surface area contributed by atoms with E-state index in [9.17, 15) is 4.79 Å². The van der Waals surface area contributed by atoms with Gasteiger partial charge in [0.25, 0.3) is 0 Å². The third-order valence-electron chi connectivity index (χ3n) is 7.60. The molecule has 1 aliphatic rings. The number of carbonyl (C=O) groups is 1. The molecule has 1 aliphatic heterocycles. The molecule has 1 saturated heterocycles. The summed E-state index contributed by atoms with van der Waals surface area (Å²) in [7, 11) is 0. The number of nitrogens with one attached hydrogen (secondary N) is 2. The fraction of sp³-hybridized carbons (Fsp3) is 0.412. The van der Waals surface area contributed by atoms with Gasteiger partial charge in [-0.2, -0.15) is 5.10 Å². The zero-order chi connectivity index (χ0) is 29.0. The number of benzene rings is 3. The third kappa shape index (κ3) is 7.16. The van der Waals surface area contributed by atoms with Gasteiger partial charge in [0, 0.05) is 23.5 Å². The van der Waals surface area contributed by atoms with Crippen LogP contribution in [0.25, 0.3) is 16.5 Å². The summed E-state index contributed by atoms with van der Waals surface area (Å²) >= 11 is 0. The van der Waals surface area contributed by atoms with Crippen LogP contribution in [0.3, 0.4) is 0 Å². The van der Waals surface area contributed by atoms with Crippen molar-refractivity contribution >= 4 is 28.3 Å². The van der Waals surface area contributed by atoms with Crippen molar-refractivity contribution in [2.75, 3.05) is 17.2 Å². The number of amides is 2. The summed E-state index contributed by atoms with van der Waals surface area (Å²) in [6.07, 6.45) is 5.06. The first kappa shape index (κ1) is 28.8. The van der Waals surface area contributed by atoms with E-state index >= 15 is 0 Å². The lowest BCUT2D eigenvalue weighted by atomic mass is 9.92. The first-order valence-electron chi connectivity index (χ1n) is 14.7. The zero-order valence-electron chi connectivity index (χ0n) is 24.9. The van der Waals surface area contributed by atoms with E-state index < -0.39 is 0 Å². The van der Waals surface area contributed by atoms with E-state index in [2.05, 4.69) is 63.5 Å². The third-order valence-corrected chi connectivity index (χ3v) is 7.60. The molecule has 0 bridgehead atoms. The molecule has 0 spiro atoms. The highest BCUT2D eigenvalue weighted by molar-refractivity contribution is 6.06. The molecule has 7 heteroatoms. The molecule has 1 aromatic heterocycles. The monoisotopic (exact) mass is 554 g/mol. The van der Waals surface area contributed by atoms with Gasteiger partial charge in [0.05, 0.1) is 23.2 Å². The van der Waals surface area contributed by atoms with Crippen LogP contribution >= 0.6 is 0 Å². The Balaban J connectivity index is 1.31. The second-order valence-corrected chi connectivity index (χ2v) is 12.1. The van der Waals surface area contributed by atoms with E-state index in [4.69, 9.17) is 14.6 Å². The van der Waals surface area contributed by atoms with E-state index in [0.29, 0.717) is 5.82 Å². The number of ether oxygens (including phenoxy) is 2. The second-order valence-electron chi connectivity index (χ2n) is 12.1. The number of hydrogen-bond donors (Lipinski definition) is 2. The highest BCUT2D eigenvalue weighted by Gasteiger charge is 2.22. The number of rotatable bonds is 8. The molecule has 2 amide bonds.